The Morgan fingerprint density at radius 1 is 1.54 bits per heavy atom. The fourth-order valence-corrected chi connectivity index (χ4v) is 1.75. The number of ketones is 1. The zero-order chi connectivity index (χ0) is 9.90. The van der Waals surface area contributed by atoms with E-state index < -0.39 is 0 Å². The fourth-order valence-electron chi connectivity index (χ4n) is 1.75. The van der Waals surface area contributed by atoms with Crippen LogP contribution in [0.1, 0.15) is 40.0 Å². The molecule has 0 aromatic heterocycles. The van der Waals surface area contributed by atoms with E-state index in [1.165, 1.54) is 18.4 Å². The Morgan fingerprint density at radius 2 is 2.23 bits per heavy atom. The molecule has 0 heterocycles. The molecule has 0 aromatic rings. The van der Waals surface area contributed by atoms with E-state index in [1.807, 2.05) is 6.08 Å². The van der Waals surface area contributed by atoms with Crippen LogP contribution in [0.4, 0.5) is 0 Å². The molecule has 0 amide bonds. The Bertz CT molecular complexity index is 256. The molecule has 13 heavy (non-hydrogen) atoms. The Morgan fingerprint density at radius 3 is 2.77 bits per heavy atom. The van der Waals surface area contributed by atoms with Crippen molar-refractivity contribution in [1.82, 2.24) is 0 Å². The highest BCUT2D eigenvalue weighted by atomic mass is 16.1. The molecule has 1 heteroatoms. The standard InChI is InChI=1S/C12H18O/c1-10(13)6-7-11-5-4-8-12(2,3)9-11/h6-7,9H,4-5,8H2,1-3H3/b7-6+. The predicted molar refractivity (Wildman–Crippen MR) is 55.5 cm³/mol. The lowest BCUT2D eigenvalue weighted by Crippen LogP contribution is -2.12. The average Bonchev–Trinajstić information content (AvgIpc) is 1.99. The molecule has 72 valence electrons. The van der Waals surface area contributed by atoms with E-state index in [0.717, 1.165) is 6.42 Å². The van der Waals surface area contributed by atoms with E-state index >= 15 is 0 Å². The van der Waals surface area contributed by atoms with Crippen molar-refractivity contribution in [3.8, 4) is 0 Å². The fraction of sp³-hybridized carbons (Fsp3) is 0.583. The summed E-state index contributed by atoms with van der Waals surface area (Å²) < 4.78 is 0. The number of carbonyl (C=O) groups excluding carboxylic acids is 1. The number of hydrogen-bond acceptors (Lipinski definition) is 1. The first-order chi connectivity index (χ1) is 5.99. The van der Waals surface area contributed by atoms with Crippen LogP contribution in [0, 0.1) is 5.41 Å². The first-order valence-electron chi connectivity index (χ1n) is 4.90. The molecule has 0 N–H and O–H groups in total. The summed E-state index contributed by atoms with van der Waals surface area (Å²) in [5.41, 5.74) is 1.63. The largest absolute Gasteiger partial charge is 0.295 e. The summed E-state index contributed by atoms with van der Waals surface area (Å²) in [7, 11) is 0. The van der Waals surface area contributed by atoms with E-state index in [-0.39, 0.29) is 5.78 Å². The molecule has 0 aromatic carbocycles. The van der Waals surface area contributed by atoms with E-state index in [4.69, 9.17) is 0 Å². The first kappa shape index (κ1) is 10.2. The molecule has 0 fully saturated rings. The first-order valence-corrected chi connectivity index (χ1v) is 4.90. The lowest BCUT2D eigenvalue weighted by molar-refractivity contribution is -0.112. The van der Waals surface area contributed by atoms with E-state index in [2.05, 4.69) is 19.9 Å². The summed E-state index contributed by atoms with van der Waals surface area (Å²) in [6.07, 6.45) is 9.52. The molecule has 0 spiro atoms. The van der Waals surface area contributed by atoms with Crippen LogP contribution in [0.3, 0.4) is 0 Å². The summed E-state index contributed by atoms with van der Waals surface area (Å²) >= 11 is 0. The second kappa shape index (κ2) is 3.91. The molecule has 0 bridgehead atoms. The third-order valence-electron chi connectivity index (χ3n) is 2.39. The van der Waals surface area contributed by atoms with Gasteiger partial charge in [0.15, 0.2) is 5.78 Å². The van der Waals surface area contributed by atoms with Crippen molar-refractivity contribution >= 4 is 5.78 Å². The van der Waals surface area contributed by atoms with Gasteiger partial charge in [0.05, 0.1) is 0 Å². The molecular weight excluding hydrogens is 160 g/mol. The van der Waals surface area contributed by atoms with Crippen molar-refractivity contribution in [2.75, 3.05) is 0 Å². The summed E-state index contributed by atoms with van der Waals surface area (Å²) in [5.74, 6) is 0.129. The summed E-state index contributed by atoms with van der Waals surface area (Å²) in [6, 6.07) is 0. The topological polar surface area (TPSA) is 17.1 Å². The maximum absolute atomic E-state index is 10.7. The third-order valence-corrected chi connectivity index (χ3v) is 2.39. The van der Waals surface area contributed by atoms with E-state index in [1.54, 1.807) is 13.0 Å². The zero-order valence-electron chi connectivity index (χ0n) is 8.76. The molecule has 1 nitrogen and oxygen atoms in total. The number of carbonyl (C=O) groups is 1. The minimum absolute atomic E-state index is 0.129. The minimum atomic E-state index is 0.129. The Kier molecular flexibility index (Phi) is 3.07. The van der Waals surface area contributed by atoms with Crippen LogP contribution in [0.5, 0.6) is 0 Å². The van der Waals surface area contributed by atoms with Crippen molar-refractivity contribution in [3.63, 3.8) is 0 Å². The SMILES string of the molecule is CC(=O)/C=C/C1=CC(C)(C)CCC1. The molecule has 0 atom stereocenters. The molecular formula is C12H18O. The smallest absolute Gasteiger partial charge is 0.152 e. The highest BCUT2D eigenvalue weighted by Crippen LogP contribution is 2.33. The van der Waals surface area contributed by atoms with E-state index in [9.17, 15) is 4.79 Å². The summed E-state index contributed by atoms with van der Waals surface area (Å²) in [4.78, 5) is 10.7. The van der Waals surface area contributed by atoms with Crippen LogP contribution < -0.4 is 0 Å². The van der Waals surface area contributed by atoms with Gasteiger partial charge in [-0.05, 0) is 37.7 Å². The molecule has 0 aliphatic heterocycles. The Balaban J connectivity index is 2.70. The molecule has 0 unspecified atom stereocenters. The van der Waals surface area contributed by atoms with Crippen LogP contribution in [0.2, 0.25) is 0 Å². The van der Waals surface area contributed by atoms with E-state index in [0.29, 0.717) is 5.41 Å². The zero-order valence-corrected chi connectivity index (χ0v) is 8.76. The van der Waals surface area contributed by atoms with Gasteiger partial charge < -0.3 is 0 Å². The van der Waals surface area contributed by atoms with Gasteiger partial charge in [0.1, 0.15) is 0 Å². The van der Waals surface area contributed by atoms with Crippen molar-refractivity contribution in [1.29, 1.82) is 0 Å². The summed E-state index contributed by atoms with van der Waals surface area (Å²) in [5, 5.41) is 0. The molecule has 1 aliphatic rings. The van der Waals surface area contributed by atoms with Gasteiger partial charge in [0, 0.05) is 0 Å². The Labute approximate surface area is 80.5 Å². The van der Waals surface area contributed by atoms with Gasteiger partial charge in [0.2, 0.25) is 0 Å². The van der Waals surface area contributed by atoms with Gasteiger partial charge in [-0.25, -0.2) is 0 Å². The van der Waals surface area contributed by atoms with Crippen molar-refractivity contribution in [2.45, 2.75) is 40.0 Å². The number of hydrogen-bond donors (Lipinski definition) is 0. The van der Waals surface area contributed by atoms with Gasteiger partial charge in [-0.3, -0.25) is 4.79 Å². The third kappa shape index (κ3) is 3.58. The van der Waals surface area contributed by atoms with Crippen molar-refractivity contribution in [2.24, 2.45) is 5.41 Å². The van der Waals surface area contributed by atoms with Gasteiger partial charge in [0.25, 0.3) is 0 Å². The molecule has 1 aliphatic carbocycles. The second-order valence-corrected chi connectivity index (χ2v) is 4.51. The molecule has 0 saturated heterocycles. The Hall–Kier alpha value is -0.850. The maximum Gasteiger partial charge on any atom is 0.152 e. The highest BCUT2D eigenvalue weighted by molar-refractivity contribution is 5.87. The van der Waals surface area contributed by atoms with Crippen LogP contribution in [0.25, 0.3) is 0 Å². The van der Waals surface area contributed by atoms with Gasteiger partial charge in [-0.1, -0.05) is 31.6 Å². The predicted octanol–water partition coefficient (Wildman–Crippen LogP) is 3.27. The molecule has 1 rings (SSSR count). The van der Waals surface area contributed by atoms with Gasteiger partial charge in [-0.2, -0.15) is 0 Å². The normalized spacial score (nSPS) is 21.6. The molecule has 0 radical (unpaired) electrons. The van der Waals surface area contributed by atoms with Crippen molar-refractivity contribution < 1.29 is 4.79 Å². The second-order valence-electron chi connectivity index (χ2n) is 4.51. The lowest BCUT2D eigenvalue weighted by atomic mass is 9.79. The van der Waals surface area contributed by atoms with Gasteiger partial charge >= 0.3 is 0 Å². The quantitative estimate of drug-likeness (QED) is 0.593. The molecule has 0 saturated carbocycles. The lowest BCUT2D eigenvalue weighted by Gasteiger charge is -2.26. The maximum atomic E-state index is 10.7. The highest BCUT2D eigenvalue weighted by Gasteiger charge is 2.18. The van der Waals surface area contributed by atoms with Crippen LogP contribution >= 0.6 is 0 Å². The minimum Gasteiger partial charge on any atom is -0.295 e. The van der Waals surface area contributed by atoms with Crippen LogP contribution in [-0.4, -0.2) is 5.78 Å². The number of rotatable bonds is 2. The number of allylic oxidation sites excluding steroid dienone is 4. The monoisotopic (exact) mass is 178 g/mol. The van der Waals surface area contributed by atoms with Gasteiger partial charge in [-0.15, -0.1) is 0 Å². The van der Waals surface area contributed by atoms with Crippen LogP contribution in [-0.2, 0) is 4.79 Å². The summed E-state index contributed by atoms with van der Waals surface area (Å²) in [6.45, 7) is 6.08. The average molecular weight is 178 g/mol. The van der Waals surface area contributed by atoms with Crippen LogP contribution in [0.15, 0.2) is 23.8 Å². The van der Waals surface area contributed by atoms with Crippen molar-refractivity contribution in [3.05, 3.63) is 23.8 Å².